The van der Waals surface area contributed by atoms with Crippen molar-refractivity contribution in [2.24, 2.45) is 0 Å². The zero-order valence-corrected chi connectivity index (χ0v) is 12.0. The number of amides is 2. The Morgan fingerprint density at radius 1 is 1.05 bits per heavy atom. The van der Waals surface area contributed by atoms with E-state index in [9.17, 15) is 9.59 Å². The van der Waals surface area contributed by atoms with Crippen LogP contribution in [0.1, 0.15) is 16.8 Å². The topological polar surface area (TPSA) is 86.9 Å². The van der Waals surface area contributed by atoms with E-state index in [0.717, 1.165) is 5.69 Å². The van der Waals surface area contributed by atoms with Crippen molar-refractivity contribution in [3.05, 3.63) is 54.4 Å². The zero-order chi connectivity index (χ0) is 15.8. The molecule has 0 saturated heterocycles. The summed E-state index contributed by atoms with van der Waals surface area (Å²) in [6, 6.07) is 12.8. The van der Waals surface area contributed by atoms with E-state index in [2.05, 4.69) is 10.6 Å². The Labute approximate surface area is 128 Å². The summed E-state index contributed by atoms with van der Waals surface area (Å²) in [5.41, 5.74) is 1.53. The predicted octanol–water partition coefficient (Wildman–Crippen LogP) is 1.24. The number of carbonyl (C=O) groups excluding carboxylic acids is 2. The second kappa shape index (κ2) is 7.64. The van der Waals surface area contributed by atoms with Crippen LogP contribution in [0.5, 0.6) is 0 Å². The quantitative estimate of drug-likeness (QED) is 0.786. The van der Waals surface area contributed by atoms with Crippen molar-refractivity contribution < 1.29 is 9.59 Å². The zero-order valence-electron chi connectivity index (χ0n) is 12.0. The van der Waals surface area contributed by atoms with Crippen molar-refractivity contribution in [1.29, 1.82) is 5.26 Å². The molecule has 1 heterocycles. The van der Waals surface area contributed by atoms with Crippen LogP contribution in [0, 0.1) is 11.3 Å². The number of rotatable bonds is 6. The molecule has 0 radical (unpaired) electrons. The molecular weight excluding hydrogens is 280 g/mol. The molecule has 0 aliphatic heterocycles. The molecule has 2 rings (SSSR count). The van der Waals surface area contributed by atoms with Gasteiger partial charge in [0.2, 0.25) is 5.91 Å². The smallest absolute Gasteiger partial charge is 0.251 e. The lowest BCUT2D eigenvalue weighted by atomic mass is 10.2. The Bertz CT molecular complexity index is 669. The molecule has 0 bridgehead atoms. The highest BCUT2D eigenvalue weighted by atomic mass is 16.2. The molecule has 1 aromatic heterocycles. The van der Waals surface area contributed by atoms with Gasteiger partial charge in [0.25, 0.3) is 5.91 Å². The van der Waals surface area contributed by atoms with Crippen LogP contribution in [-0.2, 0) is 4.79 Å². The van der Waals surface area contributed by atoms with Crippen LogP contribution >= 0.6 is 0 Å². The number of carbonyl (C=O) groups is 2. The highest BCUT2D eigenvalue weighted by Crippen LogP contribution is 2.09. The van der Waals surface area contributed by atoms with Crippen LogP contribution in [0.25, 0.3) is 5.69 Å². The van der Waals surface area contributed by atoms with Crippen LogP contribution in [0.15, 0.2) is 48.8 Å². The standard InChI is InChI=1S/C16H16N4O2/c17-8-7-15(21)18-9-10-19-16(22)13-3-5-14(6-4-13)20-11-1-2-12-20/h1-6,11-12H,7,9-10H2,(H,18,21)(H,19,22). The van der Waals surface area contributed by atoms with Gasteiger partial charge in [-0.3, -0.25) is 9.59 Å². The van der Waals surface area contributed by atoms with Crippen LogP contribution in [0.2, 0.25) is 0 Å². The van der Waals surface area contributed by atoms with Crippen LogP contribution in [0.4, 0.5) is 0 Å². The SMILES string of the molecule is N#CCC(=O)NCCNC(=O)c1ccc(-n2cccc2)cc1. The normalized spacial score (nSPS) is 9.77. The maximum Gasteiger partial charge on any atom is 0.251 e. The first-order valence-electron chi connectivity index (χ1n) is 6.86. The highest BCUT2D eigenvalue weighted by Gasteiger charge is 2.05. The molecule has 0 aliphatic carbocycles. The minimum absolute atomic E-state index is 0.172. The minimum atomic E-state index is -0.340. The first kappa shape index (κ1) is 15.3. The van der Waals surface area contributed by atoms with Crippen molar-refractivity contribution in [3.63, 3.8) is 0 Å². The van der Waals surface area contributed by atoms with Gasteiger partial charge < -0.3 is 15.2 Å². The Morgan fingerprint density at radius 2 is 1.68 bits per heavy atom. The van der Waals surface area contributed by atoms with Gasteiger partial charge in [-0.15, -0.1) is 0 Å². The van der Waals surface area contributed by atoms with E-state index in [1.54, 1.807) is 18.2 Å². The van der Waals surface area contributed by atoms with E-state index in [-0.39, 0.29) is 18.2 Å². The van der Waals surface area contributed by atoms with Gasteiger partial charge in [0.05, 0.1) is 6.07 Å². The molecule has 6 nitrogen and oxygen atoms in total. The molecule has 1 aromatic carbocycles. The summed E-state index contributed by atoms with van der Waals surface area (Å²) in [6.45, 7) is 0.614. The van der Waals surface area contributed by atoms with Gasteiger partial charge in [-0.1, -0.05) is 0 Å². The predicted molar refractivity (Wildman–Crippen MR) is 81.3 cm³/mol. The first-order chi connectivity index (χ1) is 10.7. The summed E-state index contributed by atoms with van der Waals surface area (Å²) in [5.74, 6) is -0.540. The summed E-state index contributed by atoms with van der Waals surface area (Å²) in [7, 11) is 0. The molecule has 0 saturated carbocycles. The number of hydrogen-bond donors (Lipinski definition) is 2. The summed E-state index contributed by atoms with van der Waals surface area (Å²) in [6.07, 6.45) is 3.69. The molecule has 0 unspecified atom stereocenters. The average molecular weight is 296 g/mol. The maximum atomic E-state index is 11.9. The summed E-state index contributed by atoms with van der Waals surface area (Å²) >= 11 is 0. The third-order valence-electron chi connectivity index (χ3n) is 3.00. The fourth-order valence-corrected chi connectivity index (χ4v) is 1.91. The molecule has 2 aromatic rings. The van der Waals surface area contributed by atoms with Crippen molar-refractivity contribution in [2.45, 2.75) is 6.42 Å². The van der Waals surface area contributed by atoms with Gasteiger partial charge in [0, 0.05) is 36.7 Å². The molecule has 112 valence electrons. The third kappa shape index (κ3) is 4.21. The van der Waals surface area contributed by atoms with E-state index < -0.39 is 0 Å². The van der Waals surface area contributed by atoms with Crippen molar-refractivity contribution in [2.75, 3.05) is 13.1 Å². The molecule has 6 heteroatoms. The molecule has 0 fully saturated rings. The third-order valence-corrected chi connectivity index (χ3v) is 3.00. The van der Waals surface area contributed by atoms with Gasteiger partial charge in [-0.05, 0) is 36.4 Å². The number of aromatic nitrogens is 1. The van der Waals surface area contributed by atoms with E-state index in [1.807, 2.05) is 41.2 Å². The largest absolute Gasteiger partial charge is 0.353 e. The van der Waals surface area contributed by atoms with Gasteiger partial charge in [-0.25, -0.2) is 0 Å². The van der Waals surface area contributed by atoms with Crippen LogP contribution in [-0.4, -0.2) is 29.5 Å². The lowest BCUT2D eigenvalue weighted by Gasteiger charge is -2.07. The van der Waals surface area contributed by atoms with Crippen molar-refractivity contribution in [3.8, 4) is 11.8 Å². The monoisotopic (exact) mass is 296 g/mol. The Kier molecular flexibility index (Phi) is 5.32. The fraction of sp³-hybridized carbons (Fsp3) is 0.188. The first-order valence-corrected chi connectivity index (χ1v) is 6.86. The van der Waals surface area contributed by atoms with Crippen molar-refractivity contribution >= 4 is 11.8 Å². The number of nitrogens with zero attached hydrogens (tertiary/aromatic N) is 2. The fourth-order valence-electron chi connectivity index (χ4n) is 1.91. The molecule has 2 N–H and O–H groups in total. The lowest BCUT2D eigenvalue weighted by molar-refractivity contribution is -0.120. The Balaban J connectivity index is 1.81. The molecule has 0 aliphatic rings. The molecule has 0 atom stereocenters. The van der Waals surface area contributed by atoms with E-state index in [0.29, 0.717) is 18.7 Å². The molecule has 0 spiro atoms. The van der Waals surface area contributed by atoms with E-state index >= 15 is 0 Å². The minimum Gasteiger partial charge on any atom is -0.353 e. The second-order valence-electron chi connectivity index (χ2n) is 4.58. The van der Waals surface area contributed by atoms with Gasteiger partial charge in [0.1, 0.15) is 6.42 Å². The number of nitrogens with one attached hydrogen (secondary N) is 2. The average Bonchev–Trinajstić information content (AvgIpc) is 3.06. The Morgan fingerprint density at radius 3 is 2.32 bits per heavy atom. The second-order valence-corrected chi connectivity index (χ2v) is 4.58. The number of benzene rings is 1. The Hall–Kier alpha value is -3.07. The van der Waals surface area contributed by atoms with E-state index in [4.69, 9.17) is 5.26 Å². The number of hydrogen-bond acceptors (Lipinski definition) is 3. The molecule has 2 amide bonds. The number of nitriles is 1. The van der Waals surface area contributed by atoms with E-state index in [1.165, 1.54) is 0 Å². The molecule has 22 heavy (non-hydrogen) atoms. The van der Waals surface area contributed by atoms with Gasteiger partial charge in [-0.2, -0.15) is 5.26 Å². The summed E-state index contributed by atoms with van der Waals surface area (Å²) < 4.78 is 1.95. The van der Waals surface area contributed by atoms with Crippen LogP contribution < -0.4 is 10.6 Å². The summed E-state index contributed by atoms with van der Waals surface area (Å²) in [4.78, 5) is 23.0. The lowest BCUT2D eigenvalue weighted by Crippen LogP contribution is -2.34. The van der Waals surface area contributed by atoms with Gasteiger partial charge in [0.15, 0.2) is 0 Å². The van der Waals surface area contributed by atoms with Gasteiger partial charge >= 0.3 is 0 Å². The van der Waals surface area contributed by atoms with Crippen molar-refractivity contribution in [1.82, 2.24) is 15.2 Å². The highest BCUT2D eigenvalue weighted by molar-refractivity contribution is 5.94. The molecular formula is C16H16N4O2. The maximum absolute atomic E-state index is 11.9. The summed E-state index contributed by atoms with van der Waals surface area (Å²) in [5, 5.41) is 13.6. The van der Waals surface area contributed by atoms with Crippen LogP contribution in [0.3, 0.4) is 0 Å².